The van der Waals surface area contributed by atoms with Crippen molar-refractivity contribution in [3.63, 3.8) is 0 Å². The Hall–Kier alpha value is -1.27. The lowest BCUT2D eigenvalue weighted by molar-refractivity contribution is 0.598. The van der Waals surface area contributed by atoms with Gasteiger partial charge in [-0.15, -0.1) is 0 Å². The monoisotopic (exact) mass is 243 g/mol. The summed E-state index contributed by atoms with van der Waals surface area (Å²) in [6, 6.07) is 4.79. The number of rotatable bonds is 4. The molecular formula is C10H17N3O2S. The molecule has 0 aliphatic rings. The quantitative estimate of drug-likeness (QED) is 0.764. The summed E-state index contributed by atoms with van der Waals surface area (Å²) in [6.07, 6.45) is 0. The van der Waals surface area contributed by atoms with Gasteiger partial charge in [-0.05, 0) is 32.0 Å². The van der Waals surface area contributed by atoms with E-state index in [2.05, 4.69) is 4.90 Å². The maximum atomic E-state index is 11.2. The summed E-state index contributed by atoms with van der Waals surface area (Å²) >= 11 is 0. The number of nitrogens with two attached hydrogens (primary N) is 2. The van der Waals surface area contributed by atoms with Crippen LogP contribution in [0.4, 0.5) is 11.4 Å². The largest absolute Gasteiger partial charge is 0.398 e. The van der Waals surface area contributed by atoms with Crippen LogP contribution in [0.25, 0.3) is 0 Å². The second kappa shape index (κ2) is 4.71. The highest BCUT2D eigenvalue weighted by molar-refractivity contribution is 7.89. The van der Waals surface area contributed by atoms with Gasteiger partial charge >= 0.3 is 0 Å². The Morgan fingerprint density at radius 1 is 1.25 bits per heavy atom. The molecule has 1 aromatic rings. The molecule has 0 fully saturated rings. The molecule has 0 amide bonds. The van der Waals surface area contributed by atoms with Gasteiger partial charge in [0.2, 0.25) is 10.0 Å². The minimum atomic E-state index is -3.73. The third kappa shape index (κ3) is 2.65. The highest BCUT2D eigenvalue weighted by Gasteiger charge is 2.13. The topological polar surface area (TPSA) is 89.4 Å². The standard InChI is InChI=1S/C10H17N3O2S/c1-3-13(4-2)8-5-6-10(9(11)7-8)16(12,14)15/h5-7H,3-4,11H2,1-2H3,(H2,12,14,15). The number of hydrogen-bond acceptors (Lipinski definition) is 4. The maximum Gasteiger partial charge on any atom is 0.240 e. The van der Waals surface area contributed by atoms with Crippen LogP contribution < -0.4 is 15.8 Å². The smallest absolute Gasteiger partial charge is 0.240 e. The van der Waals surface area contributed by atoms with Crippen LogP contribution in [0.15, 0.2) is 23.1 Å². The lowest BCUT2D eigenvalue weighted by Crippen LogP contribution is -2.22. The molecule has 0 saturated carbocycles. The first-order valence-electron chi connectivity index (χ1n) is 5.07. The van der Waals surface area contributed by atoms with Crippen molar-refractivity contribution < 1.29 is 8.42 Å². The fourth-order valence-corrected chi connectivity index (χ4v) is 2.23. The van der Waals surface area contributed by atoms with Crippen molar-refractivity contribution in [3.8, 4) is 0 Å². The normalized spacial score (nSPS) is 11.4. The summed E-state index contributed by atoms with van der Waals surface area (Å²) in [5, 5.41) is 5.03. The van der Waals surface area contributed by atoms with E-state index < -0.39 is 10.0 Å². The second-order valence-electron chi connectivity index (χ2n) is 3.44. The Morgan fingerprint density at radius 3 is 2.19 bits per heavy atom. The van der Waals surface area contributed by atoms with Gasteiger partial charge in [0.15, 0.2) is 0 Å². The Morgan fingerprint density at radius 2 is 1.81 bits per heavy atom. The first-order valence-corrected chi connectivity index (χ1v) is 6.62. The van der Waals surface area contributed by atoms with E-state index in [0.29, 0.717) is 0 Å². The molecule has 6 heteroatoms. The zero-order valence-electron chi connectivity index (χ0n) is 9.47. The summed E-state index contributed by atoms with van der Waals surface area (Å²) in [5.41, 5.74) is 6.75. The molecule has 0 heterocycles. The number of nitrogen functional groups attached to an aromatic ring is 1. The minimum Gasteiger partial charge on any atom is -0.398 e. The van der Waals surface area contributed by atoms with Gasteiger partial charge in [0.25, 0.3) is 0 Å². The van der Waals surface area contributed by atoms with Crippen molar-refractivity contribution in [2.24, 2.45) is 5.14 Å². The van der Waals surface area contributed by atoms with Crippen LogP contribution in [-0.2, 0) is 10.0 Å². The number of benzene rings is 1. The Kier molecular flexibility index (Phi) is 3.77. The van der Waals surface area contributed by atoms with E-state index in [1.54, 1.807) is 12.1 Å². The van der Waals surface area contributed by atoms with Crippen LogP contribution in [0.1, 0.15) is 13.8 Å². The zero-order valence-corrected chi connectivity index (χ0v) is 10.3. The van der Waals surface area contributed by atoms with E-state index in [-0.39, 0.29) is 10.6 Å². The molecular weight excluding hydrogens is 226 g/mol. The molecule has 0 aromatic heterocycles. The van der Waals surface area contributed by atoms with Gasteiger partial charge in [0.1, 0.15) is 4.90 Å². The average molecular weight is 243 g/mol. The SMILES string of the molecule is CCN(CC)c1ccc(S(N)(=O)=O)c(N)c1. The summed E-state index contributed by atoms with van der Waals surface area (Å²) in [4.78, 5) is 2.05. The number of anilines is 2. The van der Waals surface area contributed by atoms with E-state index in [0.717, 1.165) is 18.8 Å². The Labute approximate surface area is 96.1 Å². The number of nitrogens with zero attached hydrogens (tertiary/aromatic N) is 1. The van der Waals surface area contributed by atoms with Crippen molar-refractivity contribution >= 4 is 21.4 Å². The number of hydrogen-bond donors (Lipinski definition) is 2. The van der Waals surface area contributed by atoms with Crippen LogP contribution in [0.2, 0.25) is 0 Å². The molecule has 0 saturated heterocycles. The third-order valence-corrected chi connectivity index (χ3v) is 3.41. The van der Waals surface area contributed by atoms with Gasteiger partial charge in [0, 0.05) is 18.8 Å². The van der Waals surface area contributed by atoms with Gasteiger partial charge in [0.05, 0.1) is 5.69 Å². The molecule has 1 rings (SSSR count). The molecule has 0 radical (unpaired) electrons. The molecule has 4 N–H and O–H groups in total. The molecule has 0 atom stereocenters. The Balaban J connectivity index is 3.19. The van der Waals surface area contributed by atoms with Gasteiger partial charge < -0.3 is 10.6 Å². The predicted octanol–water partition coefficient (Wildman–Crippen LogP) is 0.762. The fourth-order valence-electron chi connectivity index (χ4n) is 1.58. The maximum absolute atomic E-state index is 11.2. The lowest BCUT2D eigenvalue weighted by Gasteiger charge is -2.21. The second-order valence-corrected chi connectivity index (χ2v) is 4.97. The van der Waals surface area contributed by atoms with Gasteiger partial charge in [-0.3, -0.25) is 0 Å². The molecule has 16 heavy (non-hydrogen) atoms. The van der Waals surface area contributed by atoms with Crippen molar-refractivity contribution in [3.05, 3.63) is 18.2 Å². The van der Waals surface area contributed by atoms with Crippen LogP contribution in [0, 0.1) is 0 Å². The van der Waals surface area contributed by atoms with Crippen molar-refractivity contribution in [1.29, 1.82) is 0 Å². The number of sulfonamides is 1. The average Bonchev–Trinajstić information content (AvgIpc) is 2.17. The summed E-state index contributed by atoms with van der Waals surface area (Å²) < 4.78 is 22.3. The molecule has 0 aliphatic carbocycles. The van der Waals surface area contributed by atoms with Crippen molar-refractivity contribution in [1.82, 2.24) is 0 Å². The van der Waals surface area contributed by atoms with E-state index in [4.69, 9.17) is 10.9 Å². The van der Waals surface area contributed by atoms with Crippen molar-refractivity contribution in [2.75, 3.05) is 23.7 Å². The molecule has 1 aromatic carbocycles. The van der Waals surface area contributed by atoms with Crippen molar-refractivity contribution in [2.45, 2.75) is 18.7 Å². The zero-order chi connectivity index (χ0) is 12.3. The highest BCUT2D eigenvalue weighted by Crippen LogP contribution is 2.23. The van der Waals surface area contributed by atoms with Gasteiger partial charge in [-0.1, -0.05) is 0 Å². The highest BCUT2D eigenvalue weighted by atomic mass is 32.2. The number of primary sulfonamides is 1. The third-order valence-electron chi connectivity index (χ3n) is 2.43. The van der Waals surface area contributed by atoms with Crippen LogP contribution in [-0.4, -0.2) is 21.5 Å². The summed E-state index contributed by atoms with van der Waals surface area (Å²) in [6.45, 7) is 5.72. The molecule has 0 aliphatic heterocycles. The molecule has 0 bridgehead atoms. The molecule has 0 spiro atoms. The molecule has 90 valence electrons. The predicted molar refractivity (Wildman–Crippen MR) is 65.8 cm³/mol. The van der Waals surface area contributed by atoms with Crippen LogP contribution >= 0.6 is 0 Å². The first-order chi connectivity index (χ1) is 7.40. The fraction of sp³-hybridized carbons (Fsp3) is 0.400. The van der Waals surface area contributed by atoms with E-state index in [9.17, 15) is 8.42 Å². The van der Waals surface area contributed by atoms with Crippen LogP contribution in [0.5, 0.6) is 0 Å². The minimum absolute atomic E-state index is 0.0246. The van der Waals surface area contributed by atoms with E-state index >= 15 is 0 Å². The van der Waals surface area contributed by atoms with Gasteiger partial charge in [-0.2, -0.15) is 0 Å². The van der Waals surface area contributed by atoms with E-state index in [1.165, 1.54) is 6.07 Å². The lowest BCUT2D eigenvalue weighted by atomic mass is 10.2. The van der Waals surface area contributed by atoms with Gasteiger partial charge in [-0.25, -0.2) is 13.6 Å². The van der Waals surface area contributed by atoms with E-state index in [1.807, 2.05) is 13.8 Å². The van der Waals surface area contributed by atoms with Crippen LogP contribution in [0.3, 0.4) is 0 Å². The molecule has 0 unspecified atom stereocenters. The molecule has 5 nitrogen and oxygen atoms in total. The summed E-state index contributed by atoms with van der Waals surface area (Å²) in [7, 11) is -3.73. The Bertz CT molecular complexity index is 467. The summed E-state index contributed by atoms with van der Waals surface area (Å²) in [5.74, 6) is 0. The first kappa shape index (κ1) is 12.8.